The molecule has 2 heterocycles. The molecule has 2 atom stereocenters. The monoisotopic (exact) mass is 294 g/mol. The number of carbonyl (C=O) groups excluding carboxylic acids is 1. The van der Waals surface area contributed by atoms with E-state index in [0.29, 0.717) is 0 Å². The molecule has 118 valence electrons. The second-order valence-corrected chi connectivity index (χ2v) is 7.25. The Hall–Kier alpha value is -1.10. The molecule has 3 fully saturated rings. The summed E-state index contributed by atoms with van der Waals surface area (Å²) in [5.74, 6) is -0.352. The van der Waals surface area contributed by atoms with E-state index in [1.54, 1.807) is 0 Å². The van der Waals surface area contributed by atoms with Gasteiger partial charge in [-0.05, 0) is 44.4 Å². The molecule has 21 heavy (non-hydrogen) atoms. The Kier molecular flexibility index (Phi) is 3.95. The van der Waals surface area contributed by atoms with Crippen molar-refractivity contribution in [3.63, 3.8) is 0 Å². The Morgan fingerprint density at radius 3 is 2.19 bits per heavy atom. The molecule has 3 N–H and O–H groups in total. The predicted octanol–water partition coefficient (Wildman–Crippen LogP) is 1.89. The first-order valence-electron chi connectivity index (χ1n) is 8.33. The first-order chi connectivity index (χ1) is 9.99. The fourth-order valence-corrected chi connectivity index (χ4v) is 4.69. The maximum absolute atomic E-state index is 12.9. The van der Waals surface area contributed by atoms with Crippen LogP contribution in [0, 0.1) is 5.92 Å². The SMILES string of the molecule is NC1(C(=O)N2C3CCC2CC(CC(=O)O)C3)CCCCC1. The van der Waals surface area contributed by atoms with Gasteiger partial charge in [-0.2, -0.15) is 0 Å². The second-order valence-electron chi connectivity index (χ2n) is 7.25. The lowest BCUT2D eigenvalue weighted by Gasteiger charge is -2.44. The van der Waals surface area contributed by atoms with Gasteiger partial charge in [-0.1, -0.05) is 19.3 Å². The average molecular weight is 294 g/mol. The Morgan fingerprint density at radius 1 is 1.10 bits per heavy atom. The summed E-state index contributed by atoms with van der Waals surface area (Å²) < 4.78 is 0. The summed E-state index contributed by atoms with van der Waals surface area (Å²) in [6.07, 6.45) is 8.84. The Morgan fingerprint density at radius 2 is 1.67 bits per heavy atom. The molecule has 0 aromatic carbocycles. The van der Waals surface area contributed by atoms with Gasteiger partial charge in [0.2, 0.25) is 5.91 Å². The number of nitrogens with two attached hydrogens (primary N) is 1. The summed E-state index contributed by atoms with van der Waals surface area (Å²) in [4.78, 5) is 25.9. The number of piperidine rings is 1. The highest BCUT2D eigenvalue weighted by Crippen LogP contribution is 2.42. The van der Waals surface area contributed by atoms with Gasteiger partial charge in [-0.25, -0.2) is 0 Å². The normalized spacial score (nSPS) is 34.7. The van der Waals surface area contributed by atoms with E-state index in [2.05, 4.69) is 0 Å². The molecule has 0 aromatic heterocycles. The largest absolute Gasteiger partial charge is 0.481 e. The number of amides is 1. The van der Waals surface area contributed by atoms with Crippen LogP contribution in [0.3, 0.4) is 0 Å². The number of fused-ring (bicyclic) bond motifs is 2. The van der Waals surface area contributed by atoms with Crippen molar-refractivity contribution < 1.29 is 14.7 Å². The average Bonchev–Trinajstić information content (AvgIpc) is 2.69. The highest BCUT2D eigenvalue weighted by molar-refractivity contribution is 5.87. The minimum Gasteiger partial charge on any atom is -0.481 e. The van der Waals surface area contributed by atoms with Gasteiger partial charge in [0, 0.05) is 18.5 Å². The zero-order valence-electron chi connectivity index (χ0n) is 12.6. The van der Waals surface area contributed by atoms with E-state index in [1.807, 2.05) is 4.90 Å². The summed E-state index contributed by atoms with van der Waals surface area (Å²) >= 11 is 0. The molecule has 3 rings (SSSR count). The number of hydrogen-bond donors (Lipinski definition) is 2. The molecule has 2 aliphatic heterocycles. The lowest BCUT2D eigenvalue weighted by Crippen LogP contribution is -2.60. The van der Waals surface area contributed by atoms with Crippen LogP contribution >= 0.6 is 0 Å². The molecule has 0 spiro atoms. The van der Waals surface area contributed by atoms with Crippen molar-refractivity contribution in [3.05, 3.63) is 0 Å². The molecule has 2 bridgehead atoms. The highest BCUT2D eigenvalue weighted by Gasteiger charge is 2.48. The van der Waals surface area contributed by atoms with E-state index in [1.165, 1.54) is 6.42 Å². The van der Waals surface area contributed by atoms with Crippen molar-refractivity contribution in [2.75, 3.05) is 0 Å². The van der Waals surface area contributed by atoms with Gasteiger partial charge < -0.3 is 15.7 Å². The van der Waals surface area contributed by atoms with Crippen molar-refractivity contribution in [2.24, 2.45) is 11.7 Å². The van der Waals surface area contributed by atoms with Crippen LogP contribution in [0.25, 0.3) is 0 Å². The second kappa shape index (κ2) is 5.59. The molecule has 1 saturated carbocycles. The van der Waals surface area contributed by atoms with Crippen molar-refractivity contribution in [3.8, 4) is 0 Å². The van der Waals surface area contributed by atoms with E-state index < -0.39 is 11.5 Å². The maximum atomic E-state index is 12.9. The Bertz CT molecular complexity index is 417. The van der Waals surface area contributed by atoms with Crippen LogP contribution in [-0.4, -0.2) is 39.5 Å². The number of carbonyl (C=O) groups is 2. The number of carboxylic acids is 1. The standard InChI is InChI=1S/C16H26N2O3/c17-16(6-2-1-3-7-16)15(21)18-12-4-5-13(18)9-11(8-12)10-14(19)20/h11-13H,1-10,17H2,(H,19,20). The number of hydrogen-bond acceptors (Lipinski definition) is 3. The smallest absolute Gasteiger partial charge is 0.303 e. The Labute approximate surface area is 125 Å². The molecule has 1 amide bonds. The number of nitrogens with zero attached hydrogens (tertiary/aromatic N) is 1. The lowest BCUT2D eigenvalue weighted by atomic mass is 9.79. The molecular formula is C16H26N2O3. The van der Waals surface area contributed by atoms with Crippen molar-refractivity contribution >= 4 is 11.9 Å². The summed E-state index contributed by atoms with van der Waals surface area (Å²) in [7, 11) is 0. The van der Waals surface area contributed by atoms with Crippen LogP contribution in [0.4, 0.5) is 0 Å². The minimum atomic E-state index is -0.721. The van der Waals surface area contributed by atoms with Crippen LogP contribution < -0.4 is 5.73 Å². The summed E-state index contributed by atoms with van der Waals surface area (Å²) in [5, 5.41) is 8.98. The van der Waals surface area contributed by atoms with E-state index in [-0.39, 0.29) is 30.3 Å². The van der Waals surface area contributed by atoms with E-state index >= 15 is 0 Å². The zero-order valence-corrected chi connectivity index (χ0v) is 12.6. The van der Waals surface area contributed by atoms with Crippen LogP contribution in [0.15, 0.2) is 0 Å². The van der Waals surface area contributed by atoms with Crippen molar-refractivity contribution in [1.82, 2.24) is 4.90 Å². The van der Waals surface area contributed by atoms with Crippen molar-refractivity contribution in [2.45, 2.75) is 81.8 Å². The van der Waals surface area contributed by atoms with E-state index in [0.717, 1.165) is 51.4 Å². The molecule has 0 radical (unpaired) electrons. The third kappa shape index (κ3) is 2.80. The van der Waals surface area contributed by atoms with Crippen LogP contribution in [0.2, 0.25) is 0 Å². The molecule has 5 nitrogen and oxygen atoms in total. The topological polar surface area (TPSA) is 83.6 Å². The zero-order chi connectivity index (χ0) is 15.0. The summed E-state index contributed by atoms with van der Waals surface area (Å²) in [6.45, 7) is 0. The van der Waals surface area contributed by atoms with Crippen LogP contribution in [0.1, 0.15) is 64.2 Å². The number of rotatable bonds is 3. The molecule has 3 aliphatic rings. The fraction of sp³-hybridized carbons (Fsp3) is 0.875. The summed E-state index contributed by atoms with van der Waals surface area (Å²) in [5.41, 5.74) is 5.76. The number of carboxylic acid groups (broad SMARTS) is 1. The van der Waals surface area contributed by atoms with Gasteiger partial charge in [-0.15, -0.1) is 0 Å². The van der Waals surface area contributed by atoms with Gasteiger partial charge in [0.15, 0.2) is 0 Å². The van der Waals surface area contributed by atoms with Gasteiger partial charge in [-0.3, -0.25) is 9.59 Å². The van der Waals surface area contributed by atoms with Gasteiger partial charge >= 0.3 is 5.97 Å². The predicted molar refractivity (Wildman–Crippen MR) is 78.6 cm³/mol. The Balaban J connectivity index is 1.70. The third-order valence-electron chi connectivity index (χ3n) is 5.70. The van der Waals surface area contributed by atoms with Gasteiger partial charge in [0.1, 0.15) is 0 Å². The molecule has 2 saturated heterocycles. The maximum Gasteiger partial charge on any atom is 0.303 e. The van der Waals surface area contributed by atoms with Gasteiger partial charge in [0.05, 0.1) is 5.54 Å². The summed E-state index contributed by atoms with van der Waals surface area (Å²) in [6, 6.07) is 0.450. The molecular weight excluding hydrogens is 268 g/mol. The minimum absolute atomic E-state index is 0.142. The van der Waals surface area contributed by atoms with Crippen molar-refractivity contribution in [1.29, 1.82) is 0 Å². The van der Waals surface area contributed by atoms with Crippen LogP contribution in [0.5, 0.6) is 0 Å². The van der Waals surface area contributed by atoms with Gasteiger partial charge in [0.25, 0.3) is 0 Å². The quantitative estimate of drug-likeness (QED) is 0.832. The number of aliphatic carboxylic acids is 1. The lowest BCUT2D eigenvalue weighted by molar-refractivity contribution is -0.144. The van der Waals surface area contributed by atoms with E-state index in [9.17, 15) is 9.59 Å². The van der Waals surface area contributed by atoms with Crippen LogP contribution in [-0.2, 0) is 9.59 Å². The first-order valence-corrected chi connectivity index (χ1v) is 8.33. The molecule has 1 aliphatic carbocycles. The molecule has 0 aromatic rings. The highest BCUT2D eigenvalue weighted by atomic mass is 16.4. The first kappa shape index (κ1) is 14.8. The fourth-order valence-electron chi connectivity index (χ4n) is 4.69. The third-order valence-corrected chi connectivity index (χ3v) is 5.70. The molecule has 5 heteroatoms. The van der Waals surface area contributed by atoms with E-state index in [4.69, 9.17) is 10.8 Å². The molecule has 2 unspecified atom stereocenters.